The molecule has 6 heteroatoms. The second-order valence-corrected chi connectivity index (χ2v) is 3.62. The van der Waals surface area contributed by atoms with Crippen molar-refractivity contribution in [2.75, 3.05) is 18.1 Å². The molecule has 0 saturated heterocycles. The first-order valence-electron chi connectivity index (χ1n) is 5.03. The number of nitrogens with zero attached hydrogens (tertiary/aromatic N) is 1. The number of hydrogen-bond donors (Lipinski definition) is 1. The smallest absolute Gasteiger partial charge is 0.299 e. The average molecular weight is 241 g/mol. The number of hydrogen-bond acceptors (Lipinski definition) is 3. The van der Waals surface area contributed by atoms with Crippen molar-refractivity contribution in [1.29, 1.82) is 0 Å². The second kappa shape index (κ2) is 4.21. The second-order valence-electron chi connectivity index (χ2n) is 3.62. The van der Waals surface area contributed by atoms with Gasteiger partial charge in [-0.25, -0.2) is 8.78 Å². The van der Waals surface area contributed by atoms with Crippen LogP contribution in [0.3, 0.4) is 0 Å². The Balaban J connectivity index is 2.52. The van der Waals surface area contributed by atoms with Gasteiger partial charge < -0.3 is 10.0 Å². The van der Waals surface area contributed by atoms with Gasteiger partial charge in [0.05, 0.1) is 11.3 Å². The number of aliphatic hydroxyl groups excluding tert-OH is 1. The minimum Gasteiger partial charge on any atom is -0.396 e. The van der Waals surface area contributed by atoms with Crippen molar-refractivity contribution in [1.82, 2.24) is 0 Å². The highest BCUT2D eigenvalue weighted by Gasteiger charge is 2.40. The van der Waals surface area contributed by atoms with Gasteiger partial charge in [-0.1, -0.05) is 0 Å². The highest BCUT2D eigenvalue weighted by Crippen LogP contribution is 2.33. The summed E-state index contributed by atoms with van der Waals surface area (Å²) in [5.74, 6) is -3.74. The molecule has 1 aromatic rings. The van der Waals surface area contributed by atoms with Crippen molar-refractivity contribution in [2.45, 2.75) is 6.42 Å². The molecule has 1 aliphatic rings. The normalized spacial score (nSPS) is 14.4. The summed E-state index contributed by atoms with van der Waals surface area (Å²) in [4.78, 5) is 23.9. The van der Waals surface area contributed by atoms with Crippen molar-refractivity contribution in [2.24, 2.45) is 0 Å². The molecule has 0 saturated carbocycles. The number of benzene rings is 1. The lowest BCUT2D eigenvalue weighted by molar-refractivity contribution is -0.114. The van der Waals surface area contributed by atoms with Crippen LogP contribution in [0.4, 0.5) is 14.5 Å². The zero-order valence-electron chi connectivity index (χ0n) is 8.74. The Kier molecular flexibility index (Phi) is 2.89. The van der Waals surface area contributed by atoms with Crippen LogP contribution >= 0.6 is 0 Å². The first-order valence-corrected chi connectivity index (χ1v) is 5.03. The quantitative estimate of drug-likeness (QED) is 0.799. The van der Waals surface area contributed by atoms with Crippen molar-refractivity contribution < 1.29 is 23.5 Å². The lowest BCUT2D eigenvalue weighted by Crippen LogP contribution is -2.31. The van der Waals surface area contributed by atoms with Crippen LogP contribution in [0.1, 0.15) is 16.8 Å². The van der Waals surface area contributed by atoms with Crippen molar-refractivity contribution in [3.05, 3.63) is 29.3 Å². The zero-order chi connectivity index (χ0) is 12.6. The van der Waals surface area contributed by atoms with Gasteiger partial charge in [0.1, 0.15) is 11.6 Å². The van der Waals surface area contributed by atoms with Crippen LogP contribution in [0.15, 0.2) is 12.1 Å². The first kappa shape index (κ1) is 11.7. The molecule has 0 unspecified atom stereocenters. The van der Waals surface area contributed by atoms with E-state index >= 15 is 0 Å². The standard InChI is InChI=1S/C11H9F2NO3/c12-6-2-3-7(13)9-8(6)10(16)11(17)14(9)4-1-5-15/h2-3,15H,1,4-5H2. The molecule has 90 valence electrons. The van der Waals surface area contributed by atoms with Gasteiger partial charge in [0, 0.05) is 13.2 Å². The summed E-state index contributed by atoms with van der Waals surface area (Å²) in [5, 5.41) is 8.66. The predicted molar refractivity (Wildman–Crippen MR) is 54.7 cm³/mol. The SMILES string of the molecule is O=C1C(=O)N(CCCO)c2c(F)ccc(F)c21. The number of carbonyl (C=O) groups is 2. The summed E-state index contributed by atoms with van der Waals surface area (Å²) < 4.78 is 26.9. The molecule has 1 N–H and O–H groups in total. The summed E-state index contributed by atoms with van der Waals surface area (Å²) in [6, 6.07) is 1.68. The highest BCUT2D eigenvalue weighted by molar-refractivity contribution is 6.52. The number of amides is 1. The van der Waals surface area contributed by atoms with E-state index < -0.39 is 28.9 Å². The van der Waals surface area contributed by atoms with Crippen molar-refractivity contribution in [3.63, 3.8) is 0 Å². The molecule has 1 amide bonds. The molecular weight excluding hydrogens is 232 g/mol. The fourth-order valence-corrected chi connectivity index (χ4v) is 1.79. The summed E-state index contributed by atoms with van der Waals surface area (Å²) >= 11 is 0. The Labute approximate surface area is 95.5 Å². The molecule has 0 spiro atoms. The van der Waals surface area contributed by atoms with E-state index in [-0.39, 0.29) is 25.3 Å². The Morgan fingerprint density at radius 2 is 1.82 bits per heavy atom. The minimum atomic E-state index is -1.05. The maximum absolute atomic E-state index is 13.5. The molecule has 2 rings (SSSR count). The number of Topliss-reactive ketones (excluding diaryl/α,β-unsaturated/α-hetero) is 1. The van der Waals surface area contributed by atoms with E-state index in [0.29, 0.717) is 0 Å². The number of rotatable bonds is 3. The van der Waals surface area contributed by atoms with E-state index in [1.165, 1.54) is 0 Å². The molecule has 0 fully saturated rings. The van der Waals surface area contributed by atoms with Crippen LogP contribution in [0.25, 0.3) is 0 Å². The van der Waals surface area contributed by atoms with E-state index in [4.69, 9.17) is 5.11 Å². The maximum Gasteiger partial charge on any atom is 0.299 e. The van der Waals surface area contributed by atoms with Crippen LogP contribution in [-0.2, 0) is 4.79 Å². The molecule has 1 aliphatic heterocycles. The molecule has 4 nitrogen and oxygen atoms in total. The molecule has 0 aliphatic carbocycles. The third-order valence-electron chi connectivity index (χ3n) is 2.55. The van der Waals surface area contributed by atoms with E-state index in [1.807, 2.05) is 0 Å². The van der Waals surface area contributed by atoms with E-state index in [9.17, 15) is 18.4 Å². The zero-order valence-corrected chi connectivity index (χ0v) is 8.74. The lowest BCUT2D eigenvalue weighted by Gasteiger charge is -2.16. The fourth-order valence-electron chi connectivity index (χ4n) is 1.79. The van der Waals surface area contributed by atoms with Crippen molar-refractivity contribution in [3.8, 4) is 0 Å². The van der Waals surface area contributed by atoms with Gasteiger partial charge in [-0.15, -0.1) is 0 Å². The van der Waals surface area contributed by atoms with Gasteiger partial charge >= 0.3 is 0 Å². The van der Waals surface area contributed by atoms with Gasteiger partial charge in [0.25, 0.3) is 11.7 Å². The molecular formula is C11H9F2NO3. The number of carbonyl (C=O) groups excluding carboxylic acids is 2. The van der Waals surface area contributed by atoms with Gasteiger partial charge in [0.2, 0.25) is 0 Å². The summed E-state index contributed by atoms with van der Waals surface area (Å²) in [6.07, 6.45) is 0.189. The topological polar surface area (TPSA) is 57.6 Å². The Morgan fingerprint density at radius 3 is 2.47 bits per heavy atom. The molecule has 17 heavy (non-hydrogen) atoms. The number of fused-ring (bicyclic) bond motifs is 1. The van der Waals surface area contributed by atoms with Gasteiger partial charge in [-0.2, -0.15) is 0 Å². The Bertz CT molecular complexity index is 502. The summed E-state index contributed by atoms with van der Waals surface area (Å²) in [6.45, 7) is -0.224. The van der Waals surface area contributed by atoms with Crippen LogP contribution in [0.5, 0.6) is 0 Å². The molecule has 0 atom stereocenters. The third kappa shape index (κ3) is 1.70. The van der Waals surface area contributed by atoms with E-state index in [0.717, 1.165) is 17.0 Å². The van der Waals surface area contributed by atoms with E-state index in [2.05, 4.69) is 0 Å². The first-order chi connectivity index (χ1) is 8.07. The third-order valence-corrected chi connectivity index (χ3v) is 2.55. The van der Waals surface area contributed by atoms with Gasteiger partial charge in [-0.05, 0) is 18.6 Å². The molecule has 1 aromatic carbocycles. The Morgan fingerprint density at radius 1 is 1.18 bits per heavy atom. The van der Waals surface area contributed by atoms with Gasteiger partial charge in [0.15, 0.2) is 0 Å². The molecule has 0 radical (unpaired) electrons. The number of halogens is 2. The molecule has 0 bridgehead atoms. The minimum absolute atomic E-state index is 0.0194. The number of ketones is 1. The Hall–Kier alpha value is -1.82. The summed E-state index contributed by atoms with van der Waals surface area (Å²) in [5.41, 5.74) is -0.846. The summed E-state index contributed by atoms with van der Waals surface area (Å²) in [7, 11) is 0. The number of aliphatic hydroxyl groups is 1. The maximum atomic E-state index is 13.5. The van der Waals surface area contributed by atoms with Gasteiger partial charge in [-0.3, -0.25) is 9.59 Å². The van der Waals surface area contributed by atoms with Crippen LogP contribution in [0.2, 0.25) is 0 Å². The lowest BCUT2D eigenvalue weighted by atomic mass is 10.1. The predicted octanol–water partition coefficient (Wildman–Crippen LogP) is 0.877. The fraction of sp³-hybridized carbons (Fsp3) is 0.273. The molecule has 0 aromatic heterocycles. The van der Waals surface area contributed by atoms with E-state index in [1.54, 1.807) is 0 Å². The largest absolute Gasteiger partial charge is 0.396 e. The molecule has 1 heterocycles. The number of anilines is 1. The van der Waals surface area contributed by atoms with Crippen LogP contribution in [-0.4, -0.2) is 29.9 Å². The van der Waals surface area contributed by atoms with Crippen molar-refractivity contribution >= 4 is 17.4 Å². The van der Waals surface area contributed by atoms with Crippen LogP contribution in [0, 0.1) is 11.6 Å². The monoisotopic (exact) mass is 241 g/mol. The highest BCUT2D eigenvalue weighted by atomic mass is 19.1. The average Bonchev–Trinajstić information content (AvgIpc) is 2.56. The van der Waals surface area contributed by atoms with Crippen LogP contribution < -0.4 is 4.90 Å².